The van der Waals surface area contributed by atoms with Crippen molar-refractivity contribution in [3.63, 3.8) is 0 Å². The number of nitrogens with zero attached hydrogens (tertiary/aromatic N) is 2. The van der Waals surface area contributed by atoms with E-state index < -0.39 is 0 Å². The van der Waals surface area contributed by atoms with E-state index in [1.165, 1.54) is 25.7 Å². The third-order valence-electron chi connectivity index (χ3n) is 3.47. The number of hydrogen-bond donors (Lipinski definition) is 0. The second-order valence-electron chi connectivity index (χ2n) is 5.16. The van der Waals surface area contributed by atoms with Gasteiger partial charge in [-0.15, -0.1) is 0 Å². The van der Waals surface area contributed by atoms with Gasteiger partial charge in [-0.05, 0) is 35.7 Å². The van der Waals surface area contributed by atoms with Gasteiger partial charge >= 0.3 is 0 Å². The quantitative estimate of drug-likeness (QED) is 0.617. The smallest absolute Gasteiger partial charge is 0.0899 e. The van der Waals surface area contributed by atoms with Gasteiger partial charge in [0, 0.05) is 7.05 Å². The molecule has 0 amide bonds. The third-order valence-corrected chi connectivity index (χ3v) is 4.39. The fourth-order valence-electron chi connectivity index (χ4n) is 2.14. The second-order valence-corrected chi connectivity index (χ2v) is 5.95. The van der Waals surface area contributed by atoms with Crippen molar-refractivity contribution in [2.75, 3.05) is 0 Å². The molecular formula is C15H27BrN2O. The van der Waals surface area contributed by atoms with E-state index in [1.807, 2.05) is 11.7 Å². The van der Waals surface area contributed by atoms with Gasteiger partial charge in [0.05, 0.1) is 28.6 Å². The summed E-state index contributed by atoms with van der Waals surface area (Å²) in [6.07, 6.45) is 7.62. The van der Waals surface area contributed by atoms with Gasteiger partial charge in [-0.2, -0.15) is 5.10 Å². The summed E-state index contributed by atoms with van der Waals surface area (Å²) in [5, 5.41) is 4.48. The minimum Gasteiger partial charge on any atom is -0.372 e. The summed E-state index contributed by atoms with van der Waals surface area (Å²) in [4.78, 5) is 0. The Bertz CT molecular complexity index is 376. The Kier molecular flexibility index (Phi) is 7.69. The predicted molar refractivity (Wildman–Crippen MR) is 83.3 cm³/mol. The molecule has 1 aromatic rings. The van der Waals surface area contributed by atoms with E-state index in [-0.39, 0.29) is 0 Å². The Morgan fingerprint density at radius 1 is 1.26 bits per heavy atom. The number of ether oxygens (including phenoxy) is 1. The minimum absolute atomic E-state index is 0.323. The molecule has 1 rings (SSSR count). The average molecular weight is 331 g/mol. The van der Waals surface area contributed by atoms with Crippen molar-refractivity contribution in [1.29, 1.82) is 0 Å². The zero-order valence-electron chi connectivity index (χ0n) is 12.7. The lowest BCUT2D eigenvalue weighted by Crippen LogP contribution is -2.10. The first kappa shape index (κ1) is 16.7. The summed E-state index contributed by atoms with van der Waals surface area (Å²) >= 11 is 3.62. The van der Waals surface area contributed by atoms with E-state index in [0.717, 1.165) is 28.7 Å². The van der Waals surface area contributed by atoms with Gasteiger partial charge in [0.25, 0.3) is 0 Å². The first-order valence-corrected chi connectivity index (χ1v) is 8.21. The summed E-state index contributed by atoms with van der Waals surface area (Å²) in [5.41, 5.74) is 2.24. The Hall–Kier alpha value is -0.350. The first-order valence-electron chi connectivity index (χ1n) is 7.41. The largest absolute Gasteiger partial charge is 0.372 e. The standard InChI is InChI=1S/C15H27BrN2O/c1-5-7-8-9-10-12(3)19-11-14-15(16)13(6-2)17-18(14)4/h12H,5-11H2,1-4H3. The molecule has 0 aliphatic rings. The van der Waals surface area contributed by atoms with E-state index in [4.69, 9.17) is 4.74 Å². The summed E-state index contributed by atoms with van der Waals surface area (Å²) in [7, 11) is 1.98. The number of hydrogen-bond acceptors (Lipinski definition) is 2. The number of unbranched alkanes of at least 4 members (excludes halogenated alkanes) is 3. The third kappa shape index (κ3) is 5.27. The Morgan fingerprint density at radius 2 is 2.00 bits per heavy atom. The van der Waals surface area contributed by atoms with Crippen LogP contribution in [-0.2, 0) is 24.8 Å². The van der Waals surface area contributed by atoms with Crippen LogP contribution in [0.15, 0.2) is 4.47 Å². The van der Waals surface area contributed by atoms with Crippen molar-refractivity contribution in [3.8, 4) is 0 Å². The highest BCUT2D eigenvalue weighted by molar-refractivity contribution is 9.10. The molecule has 3 nitrogen and oxygen atoms in total. The minimum atomic E-state index is 0.323. The highest BCUT2D eigenvalue weighted by atomic mass is 79.9. The molecule has 0 spiro atoms. The van der Waals surface area contributed by atoms with E-state index in [0.29, 0.717) is 12.7 Å². The molecule has 0 N–H and O–H groups in total. The van der Waals surface area contributed by atoms with Crippen molar-refractivity contribution >= 4 is 15.9 Å². The topological polar surface area (TPSA) is 27.1 Å². The highest BCUT2D eigenvalue weighted by Crippen LogP contribution is 2.23. The molecule has 0 radical (unpaired) electrons. The van der Waals surface area contributed by atoms with Crippen molar-refractivity contribution in [3.05, 3.63) is 15.9 Å². The van der Waals surface area contributed by atoms with Crippen molar-refractivity contribution in [2.45, 2.75) is 72.0 Å². The van der Waals surface area contributed by atoms with E-state index >= 15 is 0 Å². The van der Waals surface area contributed by atoms with E-state index in [9.17, 15) is 0 Å². The predicted octanol–water partition coefficient (Wildman–Crippen LogP) is 4.62. The van der Waals surface area contributed by atoms with Crippen LogP contribution in [0.4, 0.5) is 0 Å². The van der Waals surface area contributed by atoms with Gasteiger partial charge in [0.2, 0.25) is 0 Å². The summed E-state index contributed by atoms with van der Waals surface area (Å²) in [5.74, 6) is 0. The van der Waals surface area contributed by atoms with Crippen molar-refractivity contribution < 1.29 is 4.74 Å². The van der Waals surface area contributed by atoms with Crippen LogP contribution < -0.4 is 0 Å². The van der Waals surface area contributed by atoms with Crippen LogP contribution in [-0.4, -0.2) is 15.9 Å². The van der Waals surface area contributed by atoms with Crippen molar-refractivity contribution in [1.82, 2.24) is 9.78 Å². The molecule has 0 saturated carbocycles. The lowest BCUT2D eigenvalue weighted by atomic mass is 10.1. The van der Waals surface area contributed by atoms with Gasteiger partial charge in [0.1, 0.15) is 0 Å². The molecule has 0 fully saturated rings. The van der Waals surface area contributed by atoms with Crippen LogP contribution in [0.25, 0.3) is 0 Å². The van der Waals surface area contributed by atoms with Gasteiger partial charge in [-0.3, -0.25) is 4.68 Å². The number of halogens is 1. The molecule has 0 aliphatic heterocycles. The molecule has 1 aromatic heterocycles. The highest BCUT2D eigenvalue weighted by Gasteiger charge is 2.13. The lowest BCUT2D eigenvalue weighted by molar-refractivity contribution is 0.0420. The Labute approximate surface area is 125 Å². The van der Waals surface area contributed by atoms with Gasteiger partial charge in [0.15, 0.2) is 0 Å². The fraction of sp³-hybridized carbons (Fsp3) is 0.800. The molecule has 19 heavy (non-hydrogen) atoms. The Balaban J connectivity index is 2.37. The van der Waals surface area contributed by atoms with E-state index in [2.05, 4.69) is 41.8 Å². The van der Waals surface area contributed by atoms with Crippen LogP contribution in [0.1, 0.15) is 64.3 Å². The monoisotopic (exact) mass is 330 g/mol. The number of rotatable bonds is 9. The van der Waals surface area contributed by atoms with Gasteiger partial charge < -0.3 is 4.74 Å². The normalized spacial score (nSPS) is 12.9. The van der Waals surface area contributed by atoms with Crippen LogP contribution >= 0.6 is 15.9 Å². The van der Waals surface area contributed by atoms with E-state index in [1.54, 1.807) is 0 Å². The molecule has 110 valence electrons. The zero-order valence-corrected chi connectivity index (χ0v) is 14.3. The lowest BCUT2D eigenvalue weighted by Gasteiger charge is -2.13. The van der Waals surface area contributed by atoms with Crippen LogP contribution in [0, 0.1) is 0 Å². The summed E-state index contributed by atoms with van der Waals surface area (Å²) in [6, 6.07) is 0. The molecule has 0 aliphatic carbocycles. The molecule has 1 unspecified atom stereocenters. The summed E-state index contributed by atoms with van der Waals surface area (Å²) in [6.45, 7) is 7.16. The molecular weight excluding hydrogens is 304 g/mol. The SMILES string of the molecule is CCCCCCC(C)OCc1c(Br)c(CC)nn1C. The maximum absolute atomic E-state index is 5.94. The molecule has 4 heteroatoms. The molecule has 1 atom stereocenters. The maximum atomic E-state index is 5.94. The Morgan fingerprint density at radius 3 is 2.58 bits per heavy atom. The number of aromatic nitrogens is 2. The maximum Gasteiger partial charge on any atom is 0.0899 e. The first-order chi connectivity index (χ1) is 9.10. The second kappa shape index (κ2) is 8.75. The van der Waals surface area contributed by atoms with Crippen LogP contribution in [0.3, 0.4) is 0 Å². The zero-order chi connectivity index (χ0) is 14.3. The molecule has 1 heterocycles. The average Bonchev–Trinajstić information content (AvgIpc) is 2.67. The van der Waals surface area contributed by atoms with Gasteiger partial charge in [-0.25, -0.2) is 0 Å². The number of aryl methyl sites for hydroxylation is 2. The molecule has 0 bridgehead atoms. The van der Waals surface area contributed by atoms with Crippen LogP contribution in [0.2, 0.25) is 0 Å². The summed E-state index contributed by atoms with van der Waals surface area (Å²) < 4.78 is 8.97. The van der Waals surface area contributed by atoms with Crippen LogP contribution in [0.5, 0.6) is 0 Å². The van der Waals surface area contributed by atoms with Gasteiger partial charge in [-0.1, -0.05) is 39.5 Å². The molecule has 0 aromatic carbocycles. The molecule has 0 saturated heterocycles. The van der Waals surface area contributed by atoms with Crippen molar-refractivity contribution in [2.24, 2.45) is 7.05 Å². The fourth-order valence-corrected chi connectivity index (χ4v) is 2.87.